The van der Waals surface area contributed by atoms with E-state index in [1.54, 1.807) is 6.92 Å². The number of hydrogen-bond acceptors (Lipinski definition) is 5. The maximum Gasteiger partial charge on any atom is 0.360 e. The number of rotatable bonds is 7. The second-order valence-electron chi connectivity index (χ2n) is 5.20. The Balaban J connectivity index is 2.11. The van der Waals surface area contributed by atoms with E-state index in [-0.39, 0.29) is 5.69 Å². The van der Waals surface area contributed by atoms with Crippen LogP contribution in [0.3, 0.4) is 0 Å². The lowest BCUT2D eigenvalue weighted by molar-refractivity contribution is 0.0521. The highest BCUT2D eigenvalue weighted by Gasteiger charge is 2.26. The van der Waals surface area contributed by atoms with E-state index in [9.17, 15) is 4.79 Å². The van der Waals surface area contributed by atoms with Crippen LogP contribution in [0.15, 0.2) is 0 Å². The van der Waals surface area contributed by atoms with Crippen LogP contribution in [0.5, 0.6) is 0 Å². The van der Waals surface area contributed by atoms with Gasteiger partial charge in [0.05, 0.1) is 6.61 Å². The van der Waals surface area contributed by atoms with E-state index < -0.39 is 5.97 Å². The number of hydrogen-bond donors (Lipinski definition) is 1. The summed E-state index contributed by atoms with van der Waals surface area (Å²) in [6.07, 6.45) is 3.31. The fraction of sp³-hybridized carbons (Fsp3) is 0.714. The van der Waals surface area contributed by atoms with Gasteiger partial charge in [0.15, 0.2) is 5.69 Å². The lowest BCUT2D eigenvalue weighted by Gasteiger charge is -2.17. The first-order valence-electron chi connectivity index (χ1n) is 7.30. The van der Waals surface area contributed by atoms with Gasteiger partial charge in [0.25, 0.3) is 0 Å². The van der Waals surface area contributed by atoms with Gasteiger partial charge in [-0.25, -0.2) is 9.78 Å². The van der Waals surface area contributed by atoms with E-state index in [2.05, 4.69) is 16.9 Å². The number of aryl methyl sites for hydroxylation is 1. The third kappa shape index (κ3) is 3.12. The minimum atomic E-state index is -0.436. The highest BCUT2D eigenvalue weighted by Crippen LogP contribution is 2.25. The molecule has 6 heteroatoms. The van der Waals surface area contributed by atoms with Crippen molar-refractivity contribution >= 4 is 11.8 Å². The normalized spacial score (nSPS) is 14.8. The molecule has 20 heavy (non-hydrogen) atoms. The molecule has 2 rings (SSSR count). The number of ether oxygens (including phenoxy) is 1. The highest BCUT2D eigenvalue weighted by molar-refractivity contribution is 5.92. The van der Waals surface area contributed by atoms with Crippen molar-refractivity contribution in [3.05, 3.63) is 11.5 Å². The van der Waals surface area contributed by atoms with E-state index in [0.29, 0.717) is 18.5 Å². The number of aromatic nitrogens is 2. The third-order valence-corrected chi connectivity index (χ3v) is 3.72. The van der Waals surface area contributed by atoms with Crippen LogP contribution in [-0.2, 0) is 17.7 Å². The number of esters is 1. The van der Waals surface area contributed by atoms with Gasteiger partial charge < -0.3 is 19.9 Å². The standard InChI is InChI=1S/C14H24N4O2/c1-4-11-16-12(14(19)20-5-2)13(15)18(11)9-8-17(3)10-6-7-10/h10H,4-9,15H2,1-3H3. The molecule has 0 bridgehead atoms. The first kappa shape index (κ1) is 14.8. The van der Waals surface area contributed by atoms with Crippen molar-refractivity contribution in [3.63, 3.8) is 0 Å². The number of nitrogens with zero attached hydrogens (tertiary/aromatic N) is 3. The second kappa shape index (κ2) is 6.26. The van der Waals surface area contributed by atoms with Crippen molar-refractivity contribution in [1.29, 1.82) is 0 Å². The van der Waals surface area contributed by atoms with Crippen LogP contribution < -0.4 is 5.73 Å². The minimum absolute atomic E-state index is 0.248. The number of imidazole rings is 1. The van der Waals surface area contributed by atoms with Crippen molar-refractivity contribution in [2.75, 3.05) is 25.9 Å². The average molecular weight is 280 g/mol. The van der Waals surface area contributed by atoms with Crippen molar-refractivity contribution in [2.45, 2.75) is 45.7 Å². The zero-order valence-electron chi connectivity index (χ0n) is 12.6. The molecule has 0 saturated heterocycles. The van der Waals surface area contributed by atoms with E-state index in [0.717, 1.165) is 25.3 Å². The van der Waals surface area contributed by atoms with Gasteiger partial charge >= 0.3 is 5.97 Å². The van der Waals surface area contributed by atoms with Crippen LogP contribution in [0.25, 0.3) is 0 Å². The number of anilines is 1. The number of carbonyl (C=O) groups is 1. The Bertz CT molecular complexity index is 480. The molecule has 1 aliphatic carbocycles. The van der Waals surface area contributed by atoms with Gasteiger partial charge in [-0.05, 0) is 26.8 Å². The van der Waals surface area contributed by atoms with E-state index in [1.807, 2.05) is 11.5 Å². The monoisotopic (exact) mass is 280 g/mol. The van der Waals surface area contributed by atoms with Crippen LogP contribution in [0.1, 0.15) is 43.0 Å². The molecule has 1 fully saturated rings. The fourth-order valence-corrected chi connectivity index (χ4v) is 2.34. The Morgan fingerprint density at radius 2 is 2.20 bits per heavy atom. The quantitative estimate of drug-likeness (QED) is 0.762. The van der Waals surface area contributed by atoms with Gasteiger partial charge in [-0.2, -0.15) is 0 Å². The van der Waals surface area contributed by atoms with E-state index in [1.165, 1.54) is 12.8 Å². The molecule has 1 aromatic rings. The molecular weight excluding hydrogens is 256 g/mol. The van der Waals surface area contributed by atoms with Gasteiger partial charge in [0.1, 0.15) is 11.6 Å². The fourth-order valence-electron chi connectivity index (χ4n) is 2.34. The molecule has 0 spiro atoms. The molecule has 0 unspecified atom stereocenters. The maximum absolute atomic E-state index is 11.8. The van der Waals surface area contributed by atoms with Crippen LogP contribution in [0.2, 0.25) is 0 Å². The molecule has 0 aliphatic heterocycles. The predicted octanol–water partition coefficient (Wildman–Crippen LogP) is 1.30. The van der Waals surface area contributed by atoms with Crippen LogP contribution in [0, 0.1) is 0 Å². The smallest absolute Gasteiger partial charge is 0.360 e. The number of nitrogens with two attached hydrogens (primary N) is 1. The first-order chi connectivity index (χ1) is 9.58. The summed E-state index contributed by atoms with van der Waals surface area (Å²) in [5.41, 5.74) is 6.32. The molecule has 0 amide bonds. The summed E-state index contributed by atoms with van der Waals surface area (Å²) in [6.45, 7) is 5.79. The van der Waals surface area contributed by atoms with Crippen molar-refractivity contribution in [3.8, 4) is 0 Å². The predicted molar refractivity (Wildman–Crippen MR) is 77.6 cm³/mol. The Labute approximate surface area is 119 Å². The molecule has 6 nitrogen and oxygen atoms in total. The SMILES string of the molecule is CCOC(=O)c1nc(CC)n(CCN(C)C2CC2)c1N. The van der Waals surface area contributed by atoms with E-state index in [4.69, 9.17) is 10.5 Å². The zero-order valence-corrected chi connectivity index (χ0v) is 12.6. The molecule has 0 atom stereocenters. The van der Waals surface area contributed by atoms with E-state index >= 15 is 0 Å². The summed E-state index contributed by atoms with van der Waals surface area (Å²) in [5, 5.41) is 0. The topological polar surface area (TPSA) is 73.4 Å². The lowest BCUT2D eigenvalue weighted by atomic mass is 10.4. The summed E-state index contributed by atoms with van der Waals surface area (Å²) >= 11 is 0. The van der Waals surface area contributed by atoms with Crippen LogP contribution in [0.4, 0.5) is 5.82 Å². The van der Waals surface area contributed by atoms with Crippen molar-refractivity contribution in [1.82, 2.24) is 14.5 Å². The molecule has 1 aliphatic rings. The number of likely N-dealkylation sites (N-methyl/N-ethyl adjacent to an activating group) is 1. The molecule has 112 valence electrons. The summed E-state index contributed by atoms with van der Waals surface area (Å²) in [7, 11) is 2.13. The maximum atomic E-state index is 11.8. The summed E-state index contributed by atoms with van der Waals surface area (Å²) in [6, 6.07) is 0.717. The Morgan fingerprint density at radius 1 is 1.50 bits per heavy atom. The zero-order chi connectivity index (χ0) is 14.7. The molecule has 2 N–H and O–H groups in total. The van der Waals surface area contributed by atoms with Crippen molar-refractivity contribution in [2.24, 2.45) is 0 Å². The van der Waals surface area contributed by atoms with Gasteiger partial charge in [-0.1, -0.05) is 6.92 Å². The Kier molecular flexibility index (Phi) is 4.65. The Hall–Kier alpha value is -1.56. The van der Waals surface area contributed by atoms with Crippen LogP contribution >= 0.6 is 0 Å². The minimum Gasteiger partial charge on any atom is -0.461 e. The lowest BCUT2D eigenvalue weighted by Crippen LogP contribution is -2.26. The summed E-state index contributed by atoms with van der Waals surface area (Å²) in [4.78, 5) is 18.5. The van der Waals surface area contributed by atoms with Gasteiger partial charge in [0.2, 0.25) is 0 Å². The summed E-state index contributed by atoms with van der Waals surface area (Å²) in [5.74, 6) is 0.827. The van der Waals surface area contributed by atoms with Gasteiger partial charge in [-0.3, -0.25) is 0 Å². The molecule has 0 radical (unpaired) electrons. The van der Waals surface area contributed by atoms with Crippen LogP contribution in [-0.4, -0.2) is 46.7 Å². The highest BCUT2D eigenvalue weighted by atomic mass is 16.5. The number of nitrogen functional groups attached to an aromatic ring is 1. The molecule has 1 aromatic heterocycles. The summed E-state index contributed by atoms with van der Waals surface area (Å²) < 4.78 is 6.93. The largest absolute Gasteiger partial charge is 0.461 e. The molecular formula is C14H24N4O2. The third-order valence-electron chi connectivity index (χ3n) is 3.72. The molecule has 1 saturated carbocycles. The van der Waals surface area contributed by atoms with Gasteiger partial charge in [0, 0.05) is 25.6 Å². The van der Waals surface area contributed by atoms with Gasteiger partial charge in [-0.15, -0.1) is 0 Å². The molecule has 1 heterocycles. The Morgan fingerprint density at radius 3 is 2.75 bits per heavy atom. The first-order valence-corrected chi connectivity index (χ1v) is 7.30. The average Bonchev–Trinajstić information content (AvgIpc) is 3.22. The number of carbonyl (C=O) groups excluding carboxylic acids is 1. The van der Waals surface area contributed by atoms with Crippen molar-refractivity contribution < 1.29 is 9.53 Å². The second-order valence-corrected chi connectivity index (χ2v) is 5.20. The molecule has 0 aromatic carbocycles.